The monoisotopic (exact) mass is 509 g/mol. The number of thioether (sulfide) groups is 1. The molecule has 2 atom stereocenters. The Bertz CT molecular complexity index is 841. The van der Waals surface area contributed by atoms with Crippen LogP contribution in [-0.4, -0.2) is 64.7 Å². The molecule has 0 saturated heterocycles. The molecule has 35 heavy (non-hydrogen) atoms. The van der Waals surface area contributed by atoms with Gasteiger partial charge in [-0.1, -0.05) is 26.3 Å². The molecule has 1 rings (SSSR count). The Balaban J connectivity index is 3.39. The van der Waals surface area contributed by atoms with Crippen LogP contribution in [0.15, 0.2) is 18.2 Å². The Morgan fingerprint density at radius 3 is 2.40 bits per heavy atom. The van der Waals surface area contributed by atoms with E-state index in [9.17, 15) is 19.5 Å². The van der Waals surface area contributed by atoms with Gasteiger partial charge in [-0.15, -0.1) is 0 Å². The van der Waals surface area contributed by atoms with E-state index in [1.165, 1.54) is 11.0 Å². The first-order valence-corrected chi connectivity index (χ1v) is 13.7. The van der Waals surface area contributed by atoms with Gasteiger partial charge in [-0.3, -0.25) is 9.59 Å². The van der Waals surface area contributed by atoms with Crippen molar-refractivity contribution in [1.82, 2.24) is 15.5 Å². The molecule has 1 aromatic carbocycles. The topological polar surface area (TPSA) is 108 Å². The summed E-state index contributed by atoms with van der Waals surface area (Å²) >= 11 is 1.57. The van der Waals surface area contributed by atoms with Gasteiger partial charge in [0, 0.05) is 13.1 Å². The van der Waals surface area contributed by atoms with E-state index >= 15 is 0 Å². The molecule has 198 valence electrons. The maximum absolute atomic E-state index is 13.9. The molecule has 2 unspecified atom stereocenters. The van der Waals surface area contributed by atoms with Crippen LogP contribution in [0.4, 0.5) is 4.79 Å². The van der Waals surface area contributed by atoms with Crippen molar-refractivity contribution < 1.29 is 24.2 Å². The van der Waals surface area contributed by atoms with Crippen molar-refractivity contribution in [1.29, 1.82) is 0 Å². The van der Waals surface area contributed by atoms with Gasteiger partial charge in [-0.05, 0) is 82.2 Å². The number of hydrogen-bond acceptors (Lipinski definition) is 6. The van der Waals surface area contributed by atoms with E-state index in [1.807, 2.05) is 20.1 Å². The molecular formula is C26H43N3O5S. The van der Waals surface area contributed by atoms with Crippen molar-refractivity contribution in [3.63, 3.8) is 0 Å². The summed E-state index contributed by atoms with van der Waals surface area (Å²) in [5.41, 5.74) is 0.520. The summed E-state index contributed by atoms with van der Waals surface area (Å²) in [6.07, 6.45) is 4.05. The highest BCUT2D eigenvalue weighted by Crippen LogP contribution is 2.27. The minimum absolute atomic E-state index is 0.122. The van der Waals surface area contributed by atoms with E-state index < -0.39 is 23.8 Å². The molecule has 8 nitrogen and oxygen atoms in total. The maximum Gasteiger partial charge on any atom is 0.408 e. The number of phenols is 1. The number of ether oxygens (including phenoxy) is 1. The number of aryl methyl sites for hydroxylation is 1. The Morgan fingerprint density at radius 2 is 1.86 bits per heavy atom. The number of phenolic OH excluding ortho intramolecular Hbond substituents is 1. The largest absolute Gasteiger partial charge is 0.508 e. The number of alkyl carbamates (subject to hydrolysis) is 1. The fourth-order valence-corrected chi connectivity index (χ4v) is 4.03. The molecule has 0 spiro atoms. The lowest BCUT2D eigenvalue weighted by molar-refractivity contribution is -0.142. The van der Waals surface area contributed by atoms with Gasteiger partial charge in [0.2, 0.25) is 11.8 Å². The number of nitrogens with zero attached hydrogens (tertiary/aromatic N) is 1. The normalized spacial score (nSPS) is 13.0. The van der Waals surface area contributed by atoms with E-state index in [1.54, 1.807) is 51.6 Å². The summed E-state index contributed by atoms with van der Waals surface area (Å²) in [6.45, 7) is 11.8. The van der Waals surface area contributed by atoms with E-state index in [0.717, 1.165) is 12.8 Å². The molecule has 0 aliphatic rings. The molecular weight excluding hydrogens is 466 g/mol. The number of unbranched alkanes of at least 4 members (excludes halogenated alkanes) is 1. The number of nitrogens with one attached hydrogen (secondary N) is 2. The van der Waals surface area contributed by atoms with Crippen LogP contribution in [0.3, 0.4) is 0 Å². The van der Waals surface area contributed by atoms with Crippen LogP contribution in [0.25, 0.3) is 0 Å². The molecule has 3 N–H and O–H groups in total. The highest BCUT2D eigenvalue weighted by Gasteiger charge is 2.35. The van der Waals surface area contributed by atoms with Crippen molar-refractivity contribution in [2.45, 2.75) is 84.9 Å². The Hall–Kier alpha value is -2.42. The van der Waals surface area contributed by atoms with Crippen molar-refractivity contribution in [3.05, 3.63) is 29.3 Å². The highest BCUT2D eigenvalue weighted by molar-refractivity contribution is 7.98. The second-order valence-electron chi connectivity index (χ2n) is 9.60. The molecule has 0 bridgehead atoms. The van der Waals surface area contributed by atoms with Gasteiger partial charge in [0.25, 0.3) is 0 Å². The Morgan fingerprint density at radius 1 is 1.17 bits per heavy atom. The lowest BCUT2D eigenvalue weighted by atomic mass is 9.99. The lowest BCUT2D eigenvalue weighted by Gasteiger charge is -2.34. The summed E-state index contributed by atoms with van der Waals surface area (Å²) < 4.78 is 5.39. The zero-order valence-electron chi connectivity index (χ0n) is 22.3. The minimum atomic E-state index is -0.893. The van der Waals surface area contributed by atoms with Crippen LogP contribution in [-0.2, 0) is 14.3 Å². The first-order chi connectivity index (χ1) is 16.4. The molecule has 1 aromatic rings. The number of carbonyl (C=O) groups is 3. The summed E-state index contributed by atoms with van der Waals surface area (Å²) in [7, 11) is 0. The predicted octanol–water partition coefficient (Wildman–Crippen LogP) is 4.54. The van der Waals surface area contributed by atoms with E-state index in [-0.39, 0.29) is 17.6 Å². The molecule has 0 radical (unpaired) electrons. The fraction of sp³-hybridized carbons (Fsp3) is 0.654. The van der Waals surface area contributed by atoms with E-state index in [4.69, 9.17) is 4.74 Å². The number of aromatic hydroxyl groups is 1. The zero-order chi connectivity index (χ0) is 26.6. The minimum Gasteiger partial charge on any atom is -0.508 e. The second kappa shape index (κ2) is 14.9. The summed E-state index contributed by atoms with van der Waals surface area (Å²) in [5.74, 6) is 0.147. The summed E-state index contributed by atoms with van der Waals surface area (Å²) in [4.78, 5) is 41.3. The molecule has 0 aliphatic heterocycles. The van der Waals surface area contributed by atoms with Crippen LogP contribution < -0.4 is 10.6 Å². The Labute approximate surface area is 214 Å². The van der Waals surface area contributed by atoms with Gasteiger partial charge in [-0.25, -0.2) is 4.79 Å². The number of carbonyl (C=O) groups excluding carboxylic acids is 3. The van der Waals surface area contributed by atoms with E-state index in [2.05, 4.69) is 10.6 Å². The lowest BCUT2D eigenvalue weighted by Crippen LogP contribution is -2.53. The van der Waals surface area contributed by atoms with Crippen LogP contribution in [0.5, 0.6) is 5.75 Å². The zero-order valence-corrected chi connectivity index (χ0v) is 23.1. The van der Waals surface area contributed by atoms with Crippen molar-refractivity contribution in [2.75, 3.05) is 25.1 Å². The number of rotatable bonds is 13. The molecule has 0 aromatic heterocycles. The average molecular weight is 510 g/mol. The molecule has 0 heterocycles. The second-order valence-corrected chi connectivity index (χ2v) is 10.6. The van der Waals surface area contributed by atoms with Gasteiger partial charge >= 0.3 is 6.09 Å². The fourth-order valence-electron chi connectivity index (χ4n) is 3.56. The van der Waals surface area contributed by atoms with Gasteiger partial charge in [0.05, 0.1) is 0 Å². The molecule has 0 saturated carbocycles. The van der Waals surface area contributed by atoms with Crippen LogP contribution in [0, 0.1) is 6.92 Å². The number of hydrogen-bond donors (Lipinski definition) is 3. The summed E-state index contributed by atoms with van der Waals surface area (Å²) in [5, 5.41) is 15.7. The van der Waals surface area contributed by atoms with Crippen molar-refractivity contribution in [3.8, 4) is 5.75 Å². The van der Waals surface area contributed by atoms with Crippen molar-refractivity contribution >= 4 is 29.7 Å². The van der Waals surface area contributed by atoms with Gasteiger partial charge < -0.3 is 25.4 Å². The van der Waals surface area contributed by atoms with Gasteiger partial charge in [0.15, 0.2) is 0 Å². The van der Waals surface area contributed by atoms with Gasteiger partial charge in [0.1, 0.15) is 23.4 Å². The molecule has 3 amide bonds. The van der Waals surface area contributed by atoms with Crippen LogP contribution in [0.2, 0.25) is 0 Å². The SMILES string of the molecule is CCCCNC(=O)C(c1ccc(O)c(C)c1)N(CCC)C(=O)C(CCSC)NC(=O)OC(C)(C)C. The molecule has 9 heteroatoms. The van der Waals surface area contributed by atoms with Crippen molar-refractivity contribution in [2.24, 2.45) is 0 Å². The first-order valence-electron chi connectivity index (χ1n) is 12.3. The quantitative estimate of drug-likeness (QED) is 0.337. The van der Waals surface area contributed by atoms with E-state index in [0.29, 0.717) is 42.8 Å². The third-order valence-electron chi connectivity index (χ3n) is 5.27. The average Bonchev–Trinajstić information content (AvgIpc) is 2.77. The third-order valence-corrected chi connectivity index (χ3v) is 5.92. The predicted molar refractivity (Wildman–Crippen MR) is 142 cm³/mol. The smallest absolute Gasteiger partial charge is 0.408 e. The standard InChI is InChI=1S/C26H43N3O5S/c1-8-10-14-27-23(31)22(19-11-12-21(30)18(3)17-19)29(15-9-2)24(32)20(13-16-35-7)28-25(33)34-26(4,5)6/h11-12,17,20,22,30H,8-10,13-16H2,1-7H3,(H,27,31)(H,28,33). The number of benzene rings is 1. The maximum atomic E-state index is 13.9. The summed E-state index contributed by atoms with van der Waals surface area (Å²) in [6, 6.07) is 3.20. The molecule has 0 aliphatic carbocycles. The van der Waals surface area contributed by atoms with Crippen LogP contribution in [0.1, 0.15) is 77.5 Å². The third kappa shape index (κ3) is 10.4. The Kier molecular flexibility index (Phi) is 13.0. The van der Waals surface area contributed by atoms with Gasteiger partial charge in [-0.2, -0.15) is 11.8 Å². The molecule has 0 fully saturated rings. The highest BCUT2D eigenvalue weighted by atomic mass is 32.2. The first kappa shape index (κ1) is 30.6. The number of amides is 3. The van der Waals surface area contributed by atoms with Crippen LogP contribution >= 0.6 is 11.8 Å².